The monoisotopic (exact) mass is 322 g/mol. The van der Waals surface area contributed by atoms with Gasteiger partial charge in [-0.05, 0) is 24.3 Å². The number of para-hydroxylation sites is 1. The molecule has 1 aliphatic heterocycles. The van der Waals surface area contributed by atoms with Gasteiger partial charge in [0.25, 0.3) is 0 Å². The number of rotatable bonds is 4. The molecule has 2 atom stereocenters. The fourth-order valence-electron chi connectivity index (χ4n) is 2.75. The highest BCUT2D eigenvalue weighted by Gasteiger charge is 2.30. The van der Waals surface area contributed by atoms with Gasteiger partial charge in [0.05, 0.1) is 0 Å². The number of hydrogen-bond donors (Lipinski definition) is 0. The first-order valence-electron chi connectivity index (χ1n) is 7.63. The maximum atomic E-state index is 12.1. The number of ketones is 1. The summed E-state index contributed by atoms with van der Waals surface area (Å²) in [5.74, 6) is -0.672. The Morgan fingerprint density at radius 3 is 2.79 bits per heavy atom. The summed E-state index contributed by atoms with van der Waals surface area (Å²) in [6.45, 7) is -0.380. The van der Waals surface area contributed by atoms with E-state index in [9.17, 15) is 9.59 Å². The third kappa shape index (κ3) is 2.65. The molecule has 5 heteroatoms. The van der Waals surface area contributed by atoms with Crippen LogP contribution >= 0.6 is 0 Å². The summed E-state index contributed by atoms with van der Waals surface area (Å²) in [5.41, 5.74) is 0.597. The predicted molar refractivity (Wildman–Crippen MR) is 86.2 cm³/mol. The van der Waals surface area contributed by atoms with Crippen LogP contribution in [0, 0.1) is 5.92 Å². The minimum absolute atomic E-state index is 0.0556. The average molecular weight is 322 g/mol. The number of esters is 1. The summed E-state index contributed by atoms with van der Waals surface area (Å²) in [5, 5.41) is 0.806. The lowest BCUT2D eigenvalue weighted by molar-refractivity contribution is -0.122. The number of hydrogen-bond acceptors (Lipinski definition) is 5. The lowest BCUT2D eigenvalue weighted by Crippen LogP contribution is -2.18. The van der Waals surface area contributed by atoms with Gasteiger partial charge in [-0.25, -0.2) is 4.79 Å². The fraction of sp³-hybridized carbons (Fsp3) is 0.158. The highest BCUT2D eigenvalue weighted by Crippen LogP contribution is 2.28. The zero-order chi connectivity index (χ0) is 16.5. The van der Waals surface area contributed by atoms with Crippen LogP contribution in [0.1, 0.15) is 10.6 Å². The Bertz CT molecular complexity index is 866. The Kier molecular flexibility index (Phi) is 3.54. The standard InChI is InChI=1S/C19H14O5/c20-14(17-9-12-5-1-3-7-15(12)23-17)11-22-19(21)18-10-13-6-2-4-8-16(13)24-18/h1-10,12,15H,11H2/t12-,15+/m1/s1. The van der Waals surface area contributed by atoms with E-state index in [-0.39, 0.29) is 35.9 Å². The van der Waals surface area contributed by atoms with Crippen LogP contribution in [-0.4, -0.2) is 24.5 Å². The number of carbonyl (C=O) groups excluding carboxylic acids is 2. The molecule has 1 aromatic carbocycles. The normalized spacial score (nSPS) is 21.2. The maximum absolute atomic E-state index is 12.1. The average Bonchev–Trinajstić information content (AvgIpc) is 3.23. The molecule has 4 rings (SSSR count). The quantitative estimate of drug-likeness (QED) is 0.809. The Morgan fingerprint density at radius 1 is 1.12 bits per heavy atom. The smallest absolute Gasteiger partial charge is 0.374 e. The van der Waals surface area contributed by atoms with Crippen molar-refractivity contribution >= 4 is 22.7 Å². The van der Waals surface area contributed by atoms with Crippen LogP contribution in [0.25, 0.3) is 11.0 Å². The molecule has 24 heavy (non-hydrogen) atoms. The van der Waals surface area contributed by atoms with Gasteiger partial charge in [0.1, 0.15) is 11.7 Å². The molecular weight excluding hydrogens is 308 g/mol. The van der Waals surface area contributed by atoms with Gasteiger partial charge >= 0.3 is 5.97 Å². The Morgan fingerprint density at radius 2 is 1.96 bits per heavy atom. The molecule has 0 amide bonds. The second-order valence-corrected chi connectivity index (χ2v) is 5.61. The van der Waals surface area contributed by atoms with Crippen LogP contribution in [0.4, 0.5) is 0 Å². The van der Waals surface area contributed by atoms with Crippen molar-refractivity contribution in [2.75, 3.05) is 6.61 Å². The first kappa shape index (κ1) is 14.5. The zero-order valence-corrected chi connectivity index (χ0v) is 12.7. The summed E-state index contributed by atoms with van der Waals surface area (Å²) < 4.78 is 16.0. The van der Waals surface area contributed by atoms with E-state index < -0.39 is 5.97 Å². The highest BCUT2D eigenvalue weighted by atomic mass is 16.6. The number of ether oxygens (including phenoxy) is 2. The molecule has 2 aliphatic rings. The molecule has 120 valence electrons. The minimum Gasteiger partial charge on any atom is -0.482 e. The maximum Gasteiger partial charge on any atom is 0.374 e. The fourth-order valence-corrected chi connectivity index (χ4v) is 2.75. The van der Waals surface area contributed by atoms with Crippen molar-refractivity contribution in [3.05, 3.63) is 72.2 Å². The summed E-state index contributed by atoms with van der Waals surface area (Å²) in [6.07, 6.45) is 9.25. The summed E-state index contributed by atoms with van der Waals surface area (Å²) >= 11 is 0. The van der Waals surface area contributed by atoms with Gasteiger partial charge in [-0.2, -0.15) is 0 Å². The number of furan rings is 1. The van der Waals surface area contributed by atoms with Gasteiger partial charge in [0.2, 0.25) is 11.5 Å². The van der Waals surface area contributed by atoms with Gasteiger partial charge in [0, 0.05) is 11.3 Å². The molecule has 0 fully saturated rings. The van der Waals surface area contributed by atoms with E-state index in [2.05, 4.69) is 0 Å². The second kappa shape index (κ2) is 5.85. The van der Waals surface area contributed by atoms with E-state index in [1.165, 1.54) is 0 Å². The molecule has 0 saturated carbocycles. The first-order valence-corrected chi connectivity index (χ1v) is 7.63. The molecule has 2 heterocycles. The summed E-state index contributed by atoms with van der Waals surface area (Å²) in [6, 6.07) is 8.86. The Balaban J connectivity index is 1.39. The topological polar surface area (TPSA) is 65.7 Å². The van der Waals surface area contributed by atoms with E-state index in [0.717, 1.165) is 5.39 Å². The molecule has 0 saturated heterocycles. The predicted octanol–water partition coefficient (Wildman–Crippen LogP) is 3.18. The Labute approximate surface area is 137 Å². The molecule has 0 unspecified atom stereocenters. The van der Waals surface area contributed by atoms with Gasteiger partial charge in [-0.1, -0.05) is 36.4 Å². The van der Waals surface area contributed by atoms with E-state index in [4.69, 9.17) is 13.9 Å². The van der Waals surface area contributed by atoms with Crippen LogP contribution < -0.4 is 0 Å². The van der Waals surface area contributed by atoms with Crippen LogP contribution in [-0.2, 0) is 14.3 Å². The lowest BCUT2D eigenvalue weighted by Gasteiger charge is -2.14. The number of Topliss-reactive ketones (excluding diaryl/α,β-unsaturated/α-hetero) is 1. The molecular formula is C19H14O5. The van der Waals surface area contributed by atoms with Gasteiger partial charge < -0.3 is 13.9 Å². The molecule has 0 N–H and O–H groups in total. The van der Waals surface area contributed by atoms with Crippen LogP contribution in [0.3, 0.4) is 0 Å². The van der Waals surface area contributed by atoms with Crippen molar-refractivity contribution in [2.24, 2.45) is 5.92 Å². The van der Waals surface area contributed by atoms with Crippen molar-refractivity contribution in [1.82, 2.24) is 0 Å². The number of allylic oxidation sites excluding steroid dienone is 2. The van der Waals surface area contributed by atoms with Crippen molar-refractivity contribution in [1.29, 1.82) is 0 Å². The van der Waals surface area contributed by atoms with Crippen molar-refractivity contribution in [3.8, 4) is 0 Å². The number of carbonyl (C=O) groups is 2. The molecule has 2 aromatic rings. The van der Waals surface area contributed by atoms with Crippen LogP contribution in [0.5, 0.6) is 0 Å². The molecule has 0 radical (unpaired) electrons. The van der Waals surface area contributed by atoms with Gasteiger partial charge in [-0.3, -0.25) is 4.79 Å². The molecule has 1 aliphatic carbocycles. The number of benzene rings is 1. The highest BCUT2D eigenvalue weighted by molar-refractivity contribution is 5.98. The zero-order valence-electron chi connectivity index (χ0n) is 12.7. The van der Waals surface area contributed by atoms with E-state index in [0.29, 0.717) is 5.58 Å². The minimum atomic E-state index is -0.671. The summed E-state index contributed by atoms with van der Waals surface area (Å²) in [7, 11) is 0. The van der Waals surface area contributed by atoms with Gasteiger partial charge in [-0.15, -0.1) is 0 Å². The van der Waals surface area contributed by atoms with E-state index >= 15 is 0 Å². The summed E-state index contributed by atoms with van der Waals surface area (Å²) in [4.78, 5) is 24.2. The van der Waals surface area contributed by atoms with Crippen molar-refractivity contribution in [2.45, 2.75) is 6.10 Å². The molecule has 5 nitrogen and oxygen atoms in total. The lowest BCUT2D eigenvalue weighted by atomic mass is 9.99. The SMILES string of the molecule is O=C(COC(=O)c1cc2ccccc2o1)C1=C[C@H]2C=CC=C[C@@H]2O1. The molecule has 0 bridgehead atoms. The first-order chi connectivity index (χ1) is 11.7. The van der Waals surface area contributed by atoms with Gasteiger partial charge in [0.15, 0.2) is 12.4 Å². The third-order valence-corrected chi connectivity index (χ3v) is 3.97. The largest absolute Gasteiger partial charge is 0.482 e. The Hall–Kier alpha value is -3.08. The van der Waals surface area contributed by atoms with E-state index in [1.54, 1.807) is 18.2 Å². The number of fused-ring (bicyclic) bond motifs is 2. The molecule has 1 aromatic heterocycles. The van der Waals surface area contributed by atoms with Crippen LogP contribution in [0.15, 0.2) is 70.9 Å². The molecule has 0 spiro atoms. The van der Waals surface area contributed by atoms with E-state index in [1.807, 2.05) is 42.5 Å². The second-order valence-electron chi connectivity index (χ2n) is 5.61. The van der Waals surface area contributed by atoms with Crippen LogP contribution in [0.2, 0.25) is 0 Å². The van der Waals surface area contributed by atoms with Crippen molar-refractivity contribution < 1.29 is 23.5 Å². The van der Waals surface area contributed by atoms with Crippen molar-refractivity contribution in [3.63, 3.8) is 0 Å². The third-order valence-electron chi connectivity index (χ3n) is 3.97.